The Balaban J connectivity index is 2.38. The van der Waals surface area contributed by atoms with Gasteiger partial charge in [-0.2, -0.15) is 0 Å². The normalized spacial score (nSPS) is 15.6. The van der Waals surface area contributed by atoms with Crippen molar-refractivity contribution in [1.82, 2.24) is 9.88 Å². The van der Waals surface area contributed by atoms with Crippen molar-refractivity contribution in [1.29, 1.82) is 0 Å². The van der Waals surface area contributed by atoms with Gasteiger partial charge in [0.15, 0.2) is 5.78 Å². The van der Waals surface area contributed by atoms with Gasteiger partial charge in [0.2, 0.25) is 0 Å². The van der Waals surface area contributed by atoms with Crippen molar-refractivity contribution in [3.8, 4) is 0 Å². The molecule has 9 heteroatoms. The number of carbonyl (C=O) groups excluding carboxylic acids is 2. The molecular weight excluding hydrogens is 393 g/mol. The van der Waals surface area contributed by atoms with Crippen LogP contribution in [0.15, 0.2) is 24.3 Å². The minimum absolute atomic E-state index is 0.342. The molecule has 0 aliphatic rings. The molecule has 2 rings (SSSR count). The number of aliphatic hydroxyl groups is 1. The van der Waals surface area contributed by atoms with E-state index < -0.39 is 54.4 Å². The van der Waals surface area contributed by atoms with E-state index in [4.69, 9.17) is 5.73 Å². The number of para-hydroxylation sites is 1. The molecule has 8 nitrogen and oxygen atoms in total. The van der Waals surface area contributed by atoms with E-state index in [2.05, 4.69) is 5.32 Å². The molecule has 1 aromatic carbocycles. The van der Waals surface area contributed by atoms with Crippen LogP contribution in [0.1, 0.15) is 29.9 Å². The smallest absolute Gasteiger partial charge is 0.315 e. The van der Waals surface area contributed by atoms with Gasteiger partial charge in [0.1, 0.15) is 18.3 Å². The third-order valence-corrected chi connectivity index (χ3v) is 5.39. The number of aromatic nitrogens is 1. The lowest BCUT2D eigenvalue weighted by Gasteiger charge is -2.28. The summed E-state index contributed by atoms with van der Waals surface area (Å²) >= 11 is 0. The lowest BCUT2D eigenvalue weighted by molar-refractivity contribution is -0.149. The first-order valence-electron chi connectivity index (χ1n) is 9.63. The van der Waals surface area contributed by atoms with E-state index >= 15 is 0 Å². The zero-order valence-electron chi connectivity index (χ0n) is 17.4. The number of ketones is 1. The van der Waals surface area contributed by atoms with Crippen LogP contribution in [0, 0.1) is 18.8 Å². The first-order chi connectivity index (χ1) is 14.0. The number of halogens is 1. The Morgan fingerprint density at radius 1 is 1.23 bits per heavy atom. The van der Waals surface area contributed by atoms with Crippen molar-refractivity contribution in [2.75, 3.05) is 6.67 Å². The average molecular weight is 421 g/mol. The van der Waals surface area contributed by atoms with E-state index in [-0.39, 0.29) is 0 Å². The molecule has 0 spiro atoms. The summed E-state index contributed by atoms with van der Waals surface area (Å²) in [5, 5.41) is 22.6. The lowest BCUT2D eigenvalue weighted by Crippen LogP contribution is -2.56. The monoisotopic (exact) mass is 421 g/mol. The summed E-state index contributed by atoms with van der Waals surface area (Å²) in [6.07, 6.45) is -1.81. The molecule has 30 heavy (non-hydrogen) atoms. The van der Waals surface area contributed by atoms with Crippen LogP contribution in [-0.2, 0) is 16.6 Å². The number of carbonyl (C=O) groups is 3. The number of fused-ring (bicyclic) bond motifs is 1. The predicted molar refractivity (Wildman–Crippen MR) is 110 cm³/mol. The summed E-state index contributed by atoms with van der Waals surface area (Å²) in [7, 11) is 1.73. The van der Waals surface area contributed by atoms with Gasteiger partial charge in [0.25, 0.3) is 5.91 Å². The Hall–Kier alpha value is -2.78. The highest BCUT2D eigenvalue weighted by Gasteiger charge is 2.41. The Bertz CT molecular complexity index is 917. The first-order valence-corrected chi connectivity index (χ1v) is 9.63. The number of amides is 1. The number of carboxylic acids is 1. The third-order valence-electron chi connectivity index (χ3n) is 5.39. The Kier molecular flexibility index (Phi) is 7.33. The molecule has 1 aromatic heterocycles. The quantitative estimate of drug-likeness (QED) is 0.449. The number of hydrogen-bond acceptors (Lipinski definition) is 5. The van der Waals surface area contributed by atoms with Crippen LogP contribution in [0.2, 0.25) is 0 Å². The fraction of sp³-hybridized carbons (Fsp3) is 0.476. The lowest BCUT2D eigenvalue weighted by atomic mass is 9.84. The van der Waals surface area contributed by atoms with Gasteiger partial charge in [0.05, 0.1) is 18.2 Å². The third kappa shape index (κ3) is 4.36. The Labute approximate surface area is 173 Å². The van der Waals surface area contributed by atoms with E-state index in [9.17, 15) is 29.0 Å². The fourth-order valence-corrected chi connectivity index (χ4v) is 3.68. The van der Waals surface area contributed by atoms with Crippen LogP contribution in [0.5, 0.6) is 0 Å². The van der Waals surface area contributed by atoms with E-state index in [1.165, 1.54) is 0 Å². The summed E-state index contributed by atoms with van der Waals surface area (Å²) in [6, 6.07) is 4.61. The number of nitrogens with two attached hydrogens (primary N) is 1. The number of nitrogens with one attached hydrogen (secondary N) is 1. The molecule has 0 fully saturated rings. The van der Waals surface area contributed by atoms with Crippen LogP contribution in [0.25, 0.3) is 10.9 Å². The highest BCUT2D eigenvalue weighted by molar-refractivity contribution is 6.06. The average Bonchev–Trinajstić information content (AvgIpc) is 2.95. The molecule has 1 amide bonds. The fourth-order valence-electron chi connectivity index (χ4n) is 3.68. The molecule has 0 aliphatic heterocycles. The number of nitrogens with zero attached hydrogens (tertiary/aromatic N) is 1. The molecule has 0 bridgehead atoms. The van der Waals surface area contributed by atoms with Gasteiger partial charge < -0.3 is 25.8 Å². The number of hydrogen-bond donors (Lipinski definition) is 4. The van der Waals surface area contributed by atoms with E-state index in [0.29, 0.717) is 5.69 Å². The second-order valence-electron chi connectivity index (χ2n) is 7.76. The second-order valence-corrected chi connectivity index (χ2v) is 7.76. The number of Topliss-reactive ketones (excluding diaryl/α,β-unsaturated/α-hetero) is 1. The van der Waals surface area contributed by atoms with Gasteiger partial charge in [-0.3, -0.25) is 14.4 Å². The zero-order chi connectivity index (χ0) is 22.7. The standard InChI is InChI=1S/C21H28FN3O5/c1-10(2)17(19(27)15(21(29)30)16(23)14(26)9-22)24-20(28)18-11(3)12-7-5-6-8-13(12)25(18)4/h5-8,10,14-17,26H,9,23H2,1-4H3,(H,24,28)(H,29,30)/t14?,15?,16?,17-/m0/s1. The van der Waals surface area contributed by atoms with Crippen molar-refractivity contribution in [3.63, 3.8) is 0 Å². The minimum atomic E-state index is -1.86. The molecule has 0 saturated heterocycles. The van der Waals surface area contributed by atoms with Gasteiger partial charge in [0, 0.05) is 18.0 Å². The maximum atomic E-state index is 13.1. The number of carboxylic acid groups (broad SMARTS) is 1. The van der Waals surface area contributed by atoms with E-state index in [0.717, 1.165) is 16.5 Å². The molecule has 2 aromatic rings. The number of aliphatic carboxylic acids is 1. The zero-order valence-corrected chi connectivity index (χ0v) is 17.4. The highest BCUT2D eigenvalue weighted by atomic mass is 19.1. The van der Waals surface area contributed by atoms with Crippen LogP contribution in [0.3, 0.4) is 0 Å². The van der Waals surface area contributed by atoms with Crippen molar-refractivity contribution in [2.24, 2.45) is 24.6 Å². The first kappa shape index (κ1) is 23.5. The Morgan fingerprint density at radius 2 is 1.83 bits per heavy atom. The largest absolute Gasteiger partial charge is 0.481 e. The van der Waals surface area contributed by atoms with Gasteiger partial charge in [-0.05, 0) is 24.5 Å². The Morgan fingerprint density at radius 3 is 2.33 bits per heavy atom. The number of benzene rings is 1. The summed E-state index contributed by atoms with van der Waals surface area (Å²) in [5.74, 6) is -5.34. The number of aryl methyl sites for hydroxylation is 2. The maximum absolute atomic E-state index is 13.1. The predicted octanol–water partition coefficient (Wildman–Crippen LogP) is 1.17. The van der Waals surface area contributed by atoms with Crippen molar-refractivity contribution in [3.05, 3.63) is 35.5 Å². The van der Waals surface area contributed by atoms with Crippen molar-refractivity contribution >= 4 is 28.6 Å². The molecule has 4 atom stereocenters. The molecular formula is C21H28FN3O5. The molecule has 0 aliphatic carbocycles. The van der Waals surface area contributed by atoms with Crippen LogP contribution in [0.4, 0.5) is 4.39 Å². The summed E-state index contributed by atoms with van der Waals surface area (Å²) in [5.41, 5.74) is 7.55. The van der Waals surface area contributed by atoms with Crippen LogP contribution >= 0.6 is 0 Å². The van der Waals surface area contributed by atoms with Gasteiger partial charge in [-0.15, -0.1) is 0 Å². The van der Waals surface area contributed by atoms with Gasteiger partial charge in [-0.1, -0.05) is 32.0 Å². The second kappa shape index (κ2) is 9.36. The number of rotatable bonds is 9. The van der Waals surface area contributed by atoms with Crippen molar-refractivity contribution < 1.29 is 29.0 Å². The SMILES string of the molecule is Cc1c(C(=O)N[C@H](C(=O)C(C(=O)O)C(N)C(O)CF)C(C)C)n(C)c2ccccc12. The van der Waals surface area contributed by atoms with Crippen LogP contribution < -0.4 is 11.1 Å². The maximum Gasteiger partial charge on any atom is 0.315 e. The molecule has 0 saturated carbocycles. The summed E-state index contributed by atoms with van der Waals surface area (Å²) in [6.45, 7) is 3.80. The number of alkyl halides is 1. The van der Waals surface area contributed by atoms with Gasteiger partial charge in [-0.25, -0.2) is 4.39 Å². The molecule has 0 radical (unpaired) electrons. The van der Waals surface area contributed by atoms with Crippen molar-refractivity contribution in [2.45, 2.75) is 39.0 Å². The highest BCUT2D eigenvalue weighted by Crippen LogP contribution is 2.25. The molecule has 164 valence electrons. The minimum Gasteiger partial charge on any atom is -0.481 e. The van der Waals surface area contributed by atoms with E-state index in [1.54, 1.807) is 32.4 Å². The molecule has 3 unspecified atom stereocenters. The van der Waals surface area contributed by atoms with E-state index in [1.807, 2.05) is 24.3 Å². The summed E-state index contributed by atoms with van der Waals surface area (Å²) < 4.78 is 14.5. The van der Waals surface area contributed by atoms with Crippen LogP contribution in [-0.4, -0.2) is 57.3 Å². The number of aliphatic hydroxyl groups excluding tert-OH is 1. The molecule has 1 heterocycles. The van der Waals surface area contributed by atoms with Gasteiger partial charge >= 0.3 is 5.97 Å². The summed E-state index contributed by atoms with van der Waals surface area (Å²) in [4.78, 5) is 37.7. The molecule has 5 N–H and O–H groups in total. The topological polar surface area (TPSA) is 135 Å².